The molecule has 2 aromatic rings. The van der Waals surface area contributed by atoms with Crippen molar-refractivity contribution in [2.45, 2.75) is 38.8 Å². The highest BCUT2D eigenvalue weighted by Gasteiger charge is 2.24. The van der Waals surface area contributed by atoms with Crippen molar-refractivity contribution >= 4 is 22.6 Å². The van der Waals surface area contributed by atoms with E-state index in [-0.39, 0.29) is 18.9 Å². The highest BCUT2D eigenvalue weighted by Crippen LogP contribution is 2.22. The van der Waals surface area contributed by atoms with Crippen molar-refractivity contribution in [2.75, 3.05) is 20.8 Å². The normalized spacial score (nSPS) is 12.5. The van der Waals surface area contributed by atoms with Crippen LogP contribution in [0.15, 0.2) is 36.4 Å². The minimum absolute atomic E-state index is 0.0550. The van der Waals surface area contributed by atoms with Crippen molar-refractivity contribution < 1.29 is 23.8 Å². The van der Waals surface area contributed by atoms with E-state index in [1.54, 1.807) is 7.11 Å². The Kier molecular flexibility index (Phi) is 6.80. The highest BCUT2D eigenvalue weighted by atomic mass is 16.5. The Morgan fingerprint density at radius 2 is 1.70 bits per heavy atom. The van der Waals surface area contributed by atoms with Crippen molar-refractivity contribution in [2.24, 2.45) is 0 Å². The summed E-state index contributed by atoms with van der Waals surface area (Å²) in [5.74, 6) is -0.0123. The van der Waals surface area contributed by atoms with Crippen LogP contribution in [0.4, 0.5) is 0 Å². The predicted octanol–water partition coefficient (Wildman–Crippen LogP) is 2.86. The Morgan fingerprint density at radius 3 is 2.33 bits per heavy atom. The van der Waals surface area contributed by atoms with Crippen LogP contribution in [0.5, 0.6) is 5.75 Å². The van der Waals surface area contributed by atoms with E-state index in [4.69, 9.17) is 14.2 Å². The standard InChI is InChI=1S/C21H27NO5/c1-21(2,3)27-13-18(20(24)26-5)22-19(23)11-14-6-7-16-12-17(25-4)9-8-15(16)10-14/h6-10,12,18H,11,13H2,1-5H3,(H,22,23)/t18-/m0/s1. The quantitative estimate of drug-likeness (QED) is 0.756. The van der Waals surface area contributed by atoms with Gasteiger partial charge in [-0.05, 0) is 49.2 Å². The van der Waals surface area contributed by atoms with Gasteiger partial charge in [-0.2, -0.15) is 0 Å². The summed E-state index contributed by atoms with van der Waals surface area (Å²) >= 11 is 0. The summed E-state index contributed by atoms with van der Waals surface area (Å²) in [6.07, 6.45) is 0.158. The zero-order chi connectivity index (χ0) is 20.0. The number of hydrogen-bond acceptors (Lipinski definition) is 5. The molecule has 2 aromatic carbocycles. The third kappa shape index (κ3) is 6.25. The van der Waals surface area contributed by atoms with Crippen molar-refractivity contribution in [3.05, 3.63) is 42.0 Å². The summed E-state index contributed by atoms with van der Waals surface area (Å²) < 4.78 is 15.6. The molecule has 0 radical (unpaired) electrons. The van der Waals surface area contributed by atoms with E-state index in [1.807, 2.05) is 57.2 Å². The van der Waals surface area contributed by atoms with Gasteiger partial charge in [0, 0.05) is 0 Å². The molecule has 0 aliphatic rings. The number of carbonyl (C=O) groups is 2. The van der Waals surface area contributed by atoms with Gasteiger partial charge in [0.15, 0.2) is 6.04 Å². The van der Waals surface area contributed by atoms with E-state index in [0.717, 1.165) is 22.1 Å². The minimum Gasteiger partial charge on any atom is -0.497 e. The molecule has 0 saturated heterocycles. The number of ether oxygens (including phenoxy) is 3. The molecule has 6 nitrogen and oxygen atoms in total. The van der Waals surface area contributed by atoms with E-state index < -0.39 is 17.6 Å². The lowest BCUT2D eigenvalue weighted by atomic mass is 10.0. The zero-order valence-corrected chi connectivity index (χ0v) is 16.5. The van der Waals surface area contributed by atoms with Gasteiger partial charge in [-0.25, -0.2) is 4.79 Å². The van der Waals surface area contributed by atoms with Crippen LogP contribution >= 0.6 is 0 Å². The SMILES string of the molecule is COC(=O)[C@H](COC(C)(C)C)NC(=O)Cc1ccc2cc(OC)ccc2c1. The monoisotopic (exact) mass is 373 g/mol. The molecule has 1 N–H and O–H groups in total. The minimum atomic E-state index is -0.841. The lowest BCUT2D eigenvalue weighted by Crippen LogP contribution is -2.46. The van der Waals surface area contributed by atoms with E-state index in [9.17, 15) is 9.59 Å². The summed E-state index contributed by atoms with van der Waals surface area (Å²) in [7, 11) is 2.91. The maximum Gasteiger partial charge on any atom is 0.330 e. The molecule has 0 bridgehead atoms. The number of methoxy groups -OCH3 is 2. The Labute approximate surface area is 159 Å². The molecule has 0 aromatic heterocycles. The lowest BCUT2D eigenvalue weighted by molar-refractivity contribution is -0.148. The lowest BCUT2D eigenvalue weighted by Gasteiger charge is -2.23. The molecular formula is C21H27NO5. The van der Waals surface area contributed by atoms with Crippen LogP contribution in [0, 0.1) is 0 Å². The maximum atomic E-state index is 12.4. The van der Waals surface area contributed by atoms with Crippen molar-refractivity contribution in [3.8, 4) is 5.75 Å². The third-order valence-electron chi connectivity index (χ3n) is 3.98. The van der Waals surface area contributed by atoms with Crippen molar-refractivity contribution in [1.29, 1.82) is 0 Å². The fourth-order valence-electron chi connectivity index (χ4n) is 2.59. The first-order valence-electron chi connectivity index (χ1n) is 8.79. The third-order valence-corrected chi connectivity index (χ3v) is 3.98. The van der Waals surface area contributed by atoms with Gasteiger partial charge in [-0.15, -0.1) is 0 Å². The second kappa shape index (κ2) is 8.86. The van der Waals surface area contributed by atoms with Gasteiger partial charge >= 0.3 is 5.97 Å². The molecule has 2 rings (SSSR count). The first-order valence-corrected chi connectivity index (χ1v) is 8.79. The topological polar surface area (TPSA) is 73.9 Å². The fraction of sp³-hybridized carbons (Fsp3) is 0.429. The van der Waals surface area contributed by atoms with Gasteiger partial charge in [-0.3, -0.25) is 4.79 Å². The average Bonchev–Trinajstić information content (AvgIpc) is 2.63. The molecule has 0 saturated carbocycles. The second-order valence-electron chi connectivity index (χ2n) is 7.29. The average molecular weight is 373 g/mol. The van der Waals surface area contributed by atoms with Gasteiger partial charge in [0.25, 0.3) is 0 Å². The summed E-state index contributed by atoms with van der Waals surface area (Å²) in [5, 5.41) is 4.74. The Bertz CT molecular complexity index is 810. The number of fused-ring (bicyclic) bond motifs is 1. The Hall–Kier alpha value is -2.60. The zero-order valence-electron chi connectivity index (χ0n) is 16.5. The van der Waals surface area contributed by atoms with Crippen LogP contribution in [0.3, 0.4) is 0 Å². The van der Waals surface area contributed by atoms with E-state index >= 15 is 0 Å². The highest BCUT2D eigenvalue weighted by molar-refractivity contribution is 5.88. The number of esters is 1. The molecule has 1 amide bonds. The molecule has 1 atom stereocenters. The number of amides is 1. The molecule has 0 unspecified atom stereocenters. The number of hydrogen-bond donors (Lipinski definition) is 1. The van der Waals surface area contributed by atoms with Gasteiger partial charge in [-0.1, -0.05) is 24.3 Å². The van der Waals surface area contributed by atoms with Crippen LogP contribution in [-0.4, -0.2) is 44.3 Å². The van der Waals surface area contributed by atoms with Crippen LogP contribution in [-0.2, 0) is 25.5 Å². The maximum absolute atomic E-state index is 12.4. The number of carbonyl (C=O) groups excluding carboxylic acids is 2. The Balaban J connectivity index is 2.05. The predicted molar refractivity (Wildman–Crippen MR) is 104 cm³/mol. The molecular weight excluding hydrogens is 346 g/mol. The molecule has 0 heterocycles. The van der Waals surface area contributed by atoms with Crippen molar-refractivity contribution in [3.63, 3.8) is 0 Å². The van der Waals surface area contributed by atoms with Gasteiger partial charge < -0.3 is 19.5 Å². The van der Waals surface area contributed by atoms with Crippen molar-refractivity contribution in [1.82, 2.24) is 5.32 Å². The molecule has 0 spiro atoms. The van der Waals surface area contributed by atoms with Crippen LogP contribution in [0.1, 0.15) is 26.3 Å². The number of rotatable bonds is 7. The number of benzene rings is 2. The van der Waals surface area contributed by atoms with E-state index in [0.29, 0.717) is 0 Å². The summed E-state index contributed by atoms with van der Waals surface area (Å²) in [5.41, 5.74) is 0.432. The summed E-state index contributed by atoms with van der Waals surface area (Å²) in [6.45, 7) is 5.70. The Morgan fingerprint density at radius 1 is 1.04 bits per heavy atom. The first kappa shape index (κ1) is 20.7. The second-order valence-corrected chi connectivity index (χ2v) is 7.29. The van der Waals surface area contributed by atoms with Gasteiger partial charge in [0.1, 0.15) is 5.75 Å². The molecule has 0 fully saturated rings. The summed E-state index contributed by atoms with van der Waals surface area (Å²) in [6, 6.07) is 10.7. The fourth-order valence-corrected chi connectivity index (χ4v) is 2.59. The largest absolute Gasteiger partial charge is 0.497 e. The van der Waals surface area contributed by atoms with Crippen LogP contribution in [0.25, 0.3) is 10.8 Å². The van der Waals surface area contributed by atoms with E-state index in [1.165, 1.54) is 7.11 Å². The van der Waals surface area contributed by atoms with Gasteiger partial charge in [0.05, 0.1) is 32.8 Å². The first-order chi connectivity index (χ1) is 12.7. The summed E-state index contributed by atoms with van der Waals surface area (Å²) in [4.78, 5) is 24.3. The molecule has 6 heteroatoms. The molecule has 0 aliphatic carbocycles. The van der Waals surface area contributed by atoms with Gasteiger partial charge in [0.2, 0.25) is 5.91 Å². The molecule has 146 valence electrons. The smallest absolute Gasteiger partial charge is 0.330 e. The molecule has 27 heavy (non-hydrogen) atoms. The van der Waals surface area contributed by atoms with Crippen LogP contribution < -0.4 is 10.1 Å². The van der Waals surface area contributed by atoms with E-state index in [2.05, 4.69) is 5.32 Å². The van der Waals surface area contributed by atoms with Crippen LogP contribution in [0.2, 0.25) is 0 Å². The molecule has 0 aliphatic heterocycles. The number of nitrogens with one attached hydrogen (secondary N) is 1.